The third-order valence-corrected chi connectivity index (χ3v) is 1.70. The normalized spacial score (nSPS) is 8.44. The van der Waals surface area contributed by atoms with Gasteiger partial charge in [0.25, 0.3) is 0 Å². The second kappa shape index (κ2) is 5.23. The summed E-state index contributed by atoms with van der Waals surface area (Å²) in [6.45, 7) is 0. The molecule has 0 aliphatic carbocycles. The number of nitriles is 2. The quantitative estimate of drug-likeness (QED) is 0.449. The van der Waals surface area contributed by atoms with Crippen LogP contribution in [0.1, 0.15) is 0 Å². The minimum Gasteiger partial charge on any atom is -0.506 e. The van der Waals surface area contributed by atoms with Gasteiger partial charge < -0.3 is 9.84 Å². The van der Waals surface area contributed by atoms with Gasteiger partial charge in [-0.3, -0.25) is 5.43 Å². The van der Waals surface area contributed by atoms with Gasteiger partial charge in [0, 0.05) is 6.07 Å². The number of hydrazone groups is 1. The van der Waals surface area contributed by atoms with E-state index in [9.17, 15) is 5.11 Å². The summed E-state index contributed by atoms with van der Waals surface area (Å²) in [5, 5.41) is 29.9. The zero-order valence-electron chi connectivity index (χ0n) is 8.43. The smallest absolute Gasteiger partial charge is 0.237 e. The first-order valence-electron chi connectivity index (χ1n) is 4.22. The molecule has 0 radical (unpaired) electrons. The number of methoxy groups -OCH3 is 1. The van der Waals surface area contributed by atoms with Crippen LogP contribution in [0.4, 0.5) is 5.69 Å². The van der Waals surface area contributed by atoms with E-state index in [1.54, 1.807) is 18.2 Å². The van der Waals surface area contributed by atoms with Crippen molar-refractivity contribution in [1.82, 2.24) is 0 Å². The topological polar surface area (TPSA) is 101 Å². The van der Waals surface area contributed by atoms with Gasteiger partial charge in [-0.15, -0.1) is 0 Å². The van der Waals surface area contributed by atoms with Crippen molar-refractivity contribution >= 4 is 11.4 Å². The molecular weight excluding hydrogens is 208 g/mol. The molecule has 2 N–H and O–H groups in total. The lowest BCUT2D eigenvalue weighted by atomic mass is 10.3. The molecule has 6 nitrogen and oxygen atoms in total. The van der Waals surface area contributed by atoms with E-state index in [-0.39, 0.29) is 17.1 Å². The van der Waals surface area contributed by atoms with E-state index in [4.69, 9.17) is 15.3 Å². The Kier molecular flexibility index (Phi) is 3.71. The summed E-state index contributed by atoms with van der Waals surface area (Å²) in [6, 6.07) is 7.68. The van der Waals surface area contributed by atoms with Gasteiger partial charge in [0.05, 0.1) is 12.8 Å². The number of nitrogens with one attached hydrogen (secondary N) is 1. The van der Waals surface area contributed by atoms with Crippen LogP contribution in [0.2, 0.25) is 0 Å². The summed E-state index contributed by atoms with van der Waals surface area (Å²) in [7, 11) is 1.48. The molecule has 0 aromatic heterocycles. The lowest BCUT2D eigenvalue weighted by molar-refractivity contribution is 0.408. The van der Waals surface area contributed by atoms with Crippen LogP contribution < -0.4 is 10.2 Å². The number of phenolic OH excluding ortho intramolecular Hbond substituents is 1. The SMILES string of the molecule is COc1ccc(NN=C(C#N)C#N)c(O)c1. The Morgan fingerprint density at radius 1 is 1.44 bits per heavy atom. The third kappa shape index (κ3) is 2.63. The molecule has 16 heavy (non-hydrogen) atoms. The molecule has 0 atom stereocenters. The van der Waals surface area contributed by atoms with Crippen molar-refractivity contribution < 1.29 is 9.84 Å². The number of hydrogen-bond donors (Lipinski definition) is 2. The van der Waals surface area contributed by atoms with Crippen LogP contribution in [0.5, 0.6) is 11.5 Å². The number of phenols is 1. The summed E-state index contributed by atoms with van der Waals surface area (Å²) < 4.78 is 4.89. The Labute approximate surface area is 92.0 Å². The monoisotopic (exact) mass is 216 g/mol. The van der Waals surface area contributed by atoms with Crippen LogP contribution >= 0.6 is 0 Å². The predicted octanol–water partition coefficient (Wildman–Crippen LogP) is 1.22. The lowest BCUT2D eigenvalue weighted by Gasteiger charge is -2.05. The summed E-state index contributed by atoms with van der Waals surface area (Å²) >= 11 is 0. The molecule has 1 rings (SSSR count). The predicted molar refractivity (Wildman–Crippen MR) is 56.9 cm³/mol. The van der Waals surface area contributed by atoms with Crippen LogP contribution in [0, 0.1) is 22.7 Å². The zero-order valence-corrected chi connectivity index (χ0v) is 8.43. The molecule has 0 aliphatic heterocycles. The van der Waals surface area contributed by atoms with Crippen molar-refractivity contribution in [2.75, 3.05) is 12.5 Å². The van der Waals surface area contributed by atoms with Crippen molar-refractivity contribution in [3.05, 3.63) is 18.2 Å². The minimum absolute atomic E-state index is 0.0849. The summed E-state index contributed by atoms with van der Waals surface area (Å²) in [6.07, 6.45) is 0. The fourth-order valence-electron chi connectivity index (χ4n) is 0.924. The van der Waals surface area contributed by atoms with Crippen molar-refractivity contribution in [2.45, 2.75) is 0 Å². The van der Waals surface area contributed by atoms with Crippen LogP contribution in [0.15, 0.2) is 23.3 Å². The number of rotatable bonds is 3. The molecule has 1 aromatic carbocycles. The molecule has 0 heterocycles. The Hall–Kier alpha value is -2.73. The summed E-state index contributed by atoms with van der Waals surface area (Å²) in [5.74, 6) is 0.408. The van der Waals surface area contributed by atoms with Gasteiger partial charge in [0.2, 0.25) is 5.71 Å². The molecule has 0 amide bonds. The largest absolute Gasteiger partial charge is 0.506 e. The molecule has 0 spiro atoms. The Morgan fingerprint density at radius 2 is 2.12 bits per heavy atom. The number of aromatic hydroxyl groups is 1. The van der Waals surface area contributed by atoms with Crippen LogP contribution in [0.25, 0.3) is 0 Å². The molecule has 0 bridgehead atoms. The zero-order chi connectivity index (χ0) is 12.0. The highest BCUT2D eigenvalue weighted by atomic mass is 16.5. The molecule has 0 fully saturated rings. The lowest BCUT2D eigenvalue weighted by Crippen LogP contribution is -1.96. The van der Waals surface area contributed by atoms with Gasteiger partial charge in [0.1, 0.15) is 23.6 Å². The number of nitrogens with zero attached hydrogens (tertiary/aromatic N) is 3. The van der Waals surface area contributed by atoms with Gasteiger partial charge in [-0.1, -0.05) is 0 Å². The van der Waals surface area contributed by atoms with E-state index in [1.807, 2.05) is 0 Å². The van der Waals surface area contributed by atoms with Gasteiger partial charge in [0.15, 0.2) is 0 Å². The third-order valence-electron chi connectivity index (χ3n) is 1.70. The van der Waals surface area contributed by atoms with Gasteiger partial charge in [-0.2, -0.15) is 15.6 Å². The first-order valence-corrected chi connectivity index (χ1v) is 4.22. The van der Waals surface area contributed by atoms with E-state index < -0.39 is 0 Å². The van der Waals surface area contributed by atoms with Crippen LogP contribution in [-0.2, 0) is 0 Å². The second-order valence-corrected chi connectivity index (χ2v) is 2.68. The van der Waals surface area contributed by atoms with Crippen molar-refractivity contribution in [1.29, 1.82) is 10.5 Å². The number of ether oxygens (including phenoxy) is 1. The minimum atomic E-state index is -0.324. The van der Waals surface area contributed by atoms with E-state index in [1.165, 1.54) is 19.2 Å². The maximum atomic E-state index is 9.50. The highest BCUT2D eigenvalue weighted by Crippen LogP contribution is 2.27. The van der Waals surface area contributed by atoms with Crippen LogP contribution in [-0.4, -0.2) is 17.9 Å². The molecular formula is C10H8N4O2. The fraction of sp³-hybridized carbons (Fsp3) is 0.100. The standard InChI is InChI=1S/C10H8N4O2/c1-16-8-2-3-9(10(15)4-8)14-13-7(5-11)6-12/h2-4,14-15H,1H3. The summed E-state index contributed by atoms with van der Waals surface area (Å²) in [4.78, 5) is 0. The number of anilines is 1. The maximum absolute atomic E-state index is 9.50. The molecule has 0 aliphatic rings. The van der Waals surface area contributed by atoms with Crippen LogP contribution in [0.3, 0.4) is 0 Å². The second-order valence-electron chi connectivity index (χ2n) is 2.68. The average molecular weight is 216 g/mol. The van der Waals surface area contributed by atoms with Crippen molar-refractivity contribution in [2.24, 2.45) is 5.10 Å². The first-order chi connectivity index (χ1) is 7.71. The highest BCUT2D eigenvalue weighted by Gasteiger charge is 2.02. The molecule has 0 saturated heterocycles. The average Bonchev–Trinajstić information content (AvgIpc) is 2.32. The van der Waals surface area contributed by atoms with Crippen molar-refractivity contribution in [3.63, 3.8) is 0 Å². The Morgan fingerprint density at radius 3 is 2.62 bits per heavy atom. The molecule has 6 heteroatoms. The first kappa shape index (κ1) is 11.3. The van der Waals surface area contributed by atoms with E-state index in [0.29, 0.717) is 5.75 Å². The van der Waals surface area contributed by atoms with E-state index in [2.05, 4.69) is 10.5 Å². The highest BCUT2D eigenvalue weighted by molar-refractivity contribution is 6.10. The van der Waals surface area contributed by atoms with Crippen molar-refractivity contribution in [3.8, 4) is 23.6 Å². The van der Waals surface area contributed by atoms with E-state index >= 15 is 0 Å². The fourth-order valence-corrected chi connectivity index (χ4v) is 0.924. The summed E-state index contributed by atoms with van der Waals surface area (Å²) in [5.41, 5.74) is 2.36. The molecule has 80 valence electrons. The molecule has 1 aromatic rings. The Bertz CT molecular complexity index is 481. The van der Waals surface area contributed by atoms with Gasteiger partial charge in [-0.05, 0) is 12.1 Å². The molecule has 0 unspecified atom stereocenters. The van der Waals surface area contributed by atoms with Gasteiger partial charge in [-0.25, -0.2) is 0 Å². The molecule has 0 saturated carbocycles. The number of hydrogen-bond acceptors (Lipinski definition) is 6. The van der Waals surface area contributed by atoms with Gasteiger partial charge >= 0.3 is 0 Å². The number of benzene rings is 1. The van der Waals surface area contributed by atoms with E-state index in [0.717, 1.165) is 0 Å². The Balaban J connectivity index is 2.88. The maximum Gasteiger partial charge on any atom is 0.237 e.